The zero-order chi connectivity index (χ0) is 14.5. The molecular weight excluding hydrogens is 280 g/mol. The smallest absolute Gasteiger partial charge is 0.328 e. The first kappa shape index (κ1) is 14.7. The Bertz CT molecular complexity index is 507. The molecule has 5 nitrogen and oxygen atoms in total. The van der Waals surface area contributed by atoms with E-state index in [0.29, 0.717) is 23.7 Å². The van der Waals surface area contributed by atoms with Crippen molar-refractivity contribution < 1.29 is 14.3 Å². The van der Waals surface area contributed by atoms with Crippen LogP contribution in [-0.2, 0) is 9.53 Å². The Morgan fingerprint density at radius 1 is 1.35 bits per heavy atom. The standard InChI is InChI=1S/C14H17ClN2O3/c1-20-13(18)12-8-4-5-9-17(12)14(19)16-11-7-3-2-6-10(11)15/h2-3,6-7,12H,4-5,8-9H2,1H3,(H,16,19). The number of para-hydroxylation sites is 1. The zero-order valence-electron chi connectivity index (χ0n) is 11.3. The lowest BCUT2D eigenvalue weighted by atomic mass is 10.0. The van der Waals surface area contributed by atoms with E-state index in [1.54, 1.807) is 24.3 Å². The molecule has 108 valence electrons. The van der Waals surface area contributed by atoms with Gasteiger partial charge >= 0.3 is 12.0 Å². The molecule has 1 unspecified atom stereocenters. The quantitative estimate of drug-likeness (QED) is 0.854. The van der Waals surface area contributed by atoms with Crippen molar-refractivity contribution in [3.63, 3.8) is 0 Å². The fourth-order valence-electron chi connectivity index (χ4n) is 2.31. The van der Waals surface area contributed by atoms with Crippen LogP contribution in [0.15, 0.2) is 24.3 Å². The maximum atomic E-state index is 12.3. The molecule has 20 heavy (non-hydrogen) atoms. The fourth-order valence-corrected chi connectivity index (χ4v) is 2.49. The average molecular weight is 297 g/mol. The first-order valence-electron chi connectivity index (χ1n) is 6.53. The molecule has 1 N–H and O–H groups in total. The highest BCUT2D eigenvalue weighted by Crippen LogP contribution is 2.23. The van der Waals surface area contributed by atoms with E-state index in [1.165, 1.54) is 12.0 Å². The van der Waals surface area contributed by atoms with Crippen molar-refractivity contribution in [2.45, 2.75) is 25.3 Å². The molecule has 1 aliphatic rings. The number of likely N-dealkylation sites (tertiary alicyclic amines) is 1. The van der Waals surface area contributed by atoms with Gasteiger partial charge in [-0.3, -0.25) is 0 Å². The predicted molar refractivity (Wildman–Crippen MR) is 76.8 cm³/mol. The van der Waals surface area contributed by atoms with Gasteiger partial charge in [0.15, 0.2) is 0 Å². The molecule has 0 aromatic heterocycles. The number of hydrogen-bond acceptors (Lipinski definition) is 3. The highest BCUT2D eigenvalue weighted by Gasteiger charge is 2.33. The van der Waals surface area contributed by atoms with E-state index >= 15 is 0 Å². The summed E-state index contributed by atoms with van der Waals surface area (Å²) in [5, 5.41) is 3.20. The van der Waals surface area contributed by atoms with E-state index in [9.17, 15) is 9.59 Å². The normalized spacial score (nSPS) is 18.5. The number of nitrogens with one attached hydrogen (secondary N) is 1. The van der Waals surface area contributed by atoms with Crippen molar-refractivity contribution in [3.8, 4) is 0 Å². The number of hydrogen-bond donors (Lipinski definition) is 1. The number of carbonyl (C=O) groups is 2. The highest BCUT2D eigenvalue weighted by atomic mass is 35.5. The Kier molecular flexibility index (Phi) is 4.84. The molecule has 1 aromatic rings. The molecule has 6 heteroatoms. The van der Waals surface area contributed by atoms with E-state index in [0.717, 1.165) is 12.8 Å². The molecule has 2 rings (SSSR count). The van der Waals surface area contributed by atoms with E-state index in [4.69, 9.17) is 16.3 Å². The third-order valence-corrected chi connectivity index (χ3v) is 3.68. The van der Waals surface area contributed by atoms with E-state index in [2.05, 4.69) is 5.32 Å². The largest absolute Gasteiger partial charge is 0.467 e. The number of esters is 1. The number of rotatable bonds is 2. The van der Waals surface area contributed by atoms with Gasteiger partial charge in [-0.2, -0.15) is 0 Å². The van der Waals surface area contributed by atoms with Crippen molar-refractivity contribution in [2.24, 2.45) is 0 Å². The van der Waals surface area contributed by atoms with E-state index < -0.39 is 6.04 Å². The van der Waals surface area contributed by atoms with Gasteiger partial charge < -0.3 is 15.0 Å². The second-order valence-electron chi connectivity index (χ2n) is 4.64. The minimum Gasteiger partial charge on any atom is -0.467 e. The number of urea groups is 1. The third-order valence-electron chi connectivity index (χ3n) is 3.35. The average Bonchev–Trinajstić information content (AvgIpc) is 2.48. The number of carbonyl (C=O) groups excluding carboxylic acids is 2. The molecule has 0 saturated carbocycles. The summed E-state index contributed by atoms with van der Waals surface area (Å²) in [5.41, 5.74) is 0.536. The number of anilines is 1. The lowest BCUT2D eigenvalue weighted by molar-refractivity contribution is -0.146. The Morgan fingerprint density at radius 3 is 2.80 bits per heavy atom. The van der Waals surface area contributed by atoms with Gasteiger partial charge in [0.25, 0.3) is 0 Å². The number of piperidine rings is 1. The molecule has 0 aliphatic carbocycles. The zero-order valence-corrected chi connectivity index (χ0v) is 12.0. The number of halogens is 1. The molecule has 0 radical (unpaired) electrons. The van der Waals surface area contributed by atoms with Crippen molar-refractivity contribution in [1.29, 1.82) is 0 Å². The SMILES string of the molecule is COC(=O)C1CCCCN1C(=O)Nc1ccccc1Cl. The topological polar surface area (TPSA) is 58.6 Å². The molecule has 0 spiro atoms. The summed E-state index contributed by atoms with van der Waals surface area (Å²) >= 11 is 6.01. The van der Waals surface area contributed by atoms with Crippen LogP contribution in [-0.4, -0.2) is 36.6 Å². The van der Waals surface area contributed by atoms with Crippen molar-refractivity contribution in [3.05, 3.63) is 29.3 Å². The van der Waals surface area contributed by atoms with E-state index in [1.807, 2.05) is 0 Å². The molecule has 1 aromatic carbocycles. The molecule has 1 aliphatic heterocycles. The molecule has 2 amide bonds. The minimum atomic E-state index is -0.517. The number of amides is 2. The van der Waals surface area contributed by atoms with E-state index in [-0.39, 0.29) is 12.0 Å². The highest BCUT2D eigenvalue weighted by molar-refractivity contribution is 6.33. The van der Waals surface area contributed by atoms with Gasteiger partial charge in [0.1, 0.15) is 6.04 Å². The maximum Gasteiger partial charge on any atom is 0.328 e. The van der Waals surface area contributed by atoms with Crippen LogP contribution in [0.1, 0.15) is 19.3 Å². The van der Waals surface area contributed by atoms with Gasteiger partial charge in [-0.15, -0.1) is 0 Å². The van der Waals surface area contributed by atoms with Crippen LogP contribution in [0.4, 0.5) is 10.5 Å². The van der Waals surface area contributed by atoms with Crippen LogP contribution >= 0.6 is 11.6 Å². The first-order valence-corrected chi connectivity index (χ1v) is 6.91. The Hall–Kier alpha value is -1.75. The molecule has 1 fully saturated rings. The van der Waals surface area contributed by atoms with Gasteiger partial charge in [0.05, 0.1) is 17.8 Å². The lowest BCUT2D eigenvalue weighted by Gasteiger charge is -2.33. The summed E-state index contributed by atoms with van der Waals surface area (Å²) in [7, 11) is 1.33. The number of nitrogens with zero attached hydrogens (tertiary/aromatic N) is 1. The van der Waals surface area contributed by atoms with Gasteiger partial charge in [0.2, 0.25) is 0 Å². The Labute approximate surface area is 122 Å². The van der Waals surface area contributed by atoms with Gasteiger partial charge in [-0.1, -0.05) is 23.7 Å². The number of ether oxygens (including phenoxy) is 1. The summed E-state index contributed by atoms with van der Waals surface area (Å²) in [4.78, 5) is 25.5. The van der Waals surface area contributed by atoms with Crippen LogP contribution in [0.25, 0.3) is 0 Å². The Balaban J connectivity index is 2.10. The fraction of sp³-hybridized carbons (Fsp3) is 0.429. The second kappa shape index (κ2) is 6.61. The number of benzene rings is 1. The lowest BCUT2D eigenvalue weighted by Crippen LogP contribution is -2.50. The summed E-state index contributed by atoms with van der Waals surface area (Å²) in [6.45, 7) is 0.538. The van der Waals surface area contributed by atoms with Crippen LogP contribution in [0.5, 0.6) is 0 Å². The summed E-state index contributed by atoms with van der Waals surface area (Å²) in [6, 6.07) is 6.15. The van der Waals surface area contributed by atoms with Crippen LogP contribution in [0.3, 0.4) is 0 Å². The van der Waals surface area contributed by atoms with Gasteiger partial charge in [-0.05, 0) is 31.4 Å². The number of methoxy groups -OCH3 is 1. The summed E-state index contributed by atoms with van der Waals surface area (Å²) in [6.07, 6.45) is 2.42. The Morgan fingerprint density at radius 2 is 2.10 bits per heavy atom. The monoisotopic (exact) mass is 296 g/mol. The summed E-state index contributed by atoms with van der Waals surface area (Å²) < 4.78 is 4.76. The van der Waals surface area contributed by atoms with Crippen LogP contribution < -0.4 is 5.32 Å². The molecule has 0 bridgehead atoms. The van der Waals surface area contributed by atoms with Crippen molar-refractivity contribution in [2.75, 3.05) is 19.0 Å². The van der Waals surface area contributed by atoms with Crippen molar-refractivity contribution in [1.82, 2.24) is 4.90 Å². The second-order valence-corrected chi connectivity index (χ2v) is 5.05. The molecule has 1 saturated heterocycles. The first-order chi connectivity index (χ1) is 9.63. The molecular formula is C14H17ClN2O3. The molecule has 1 atom stereocenters. The van der Waals surface area contributed by atoms with Crippen LogP contribution in [0.2, 0.25) is 5.02 Å². The van der Waals surface area contributed by atoms with Crippen molar-refractivity contribution >= 4 is 29.3 Å². The summed E-state index contributed by atoms with van der Waals surface area (Å²) in [5.74, 6) is -0.376. The van der Waals surface area contributed by atoms with Crippen LogP contribution in [0, 0.1) is 0 Å². The minimum absolute atomic E-state index is 0.326. The van der Waals surface area contributed by atoms with Gasteiger partial charge in [0, 0.05) is 6.54 Å². The maximum absolute atomic E-state index is 12.3. The predicted octanol–water partition coefficient (Wildman–Crippen LogP) is 2.90. The van der Waals surface area contributed by atoms with Gasteiger partial charge in [-0.25, -0.2) is 9.59 Å². The molecule has 1 heterocycles. The third kappa shape index (κ3) is 3.22.